The quantitative estimate of drug-likeness (QED) is 0.750. The number of hydrogen-bond acceptors (Lipinski definition) is 5. The smallest absolute Gasteiger partial charge is 0.152 e. The van der Waals surface area contributed by atoms with Gasteiger partial charge < -0.3 is 5.32 Å². The van der Waals surface area contributed by atoms with Gasteiger partial charge in [-0.05, 0) is 13.0 Å². The summed E-state index contributed by atoms with van der Waals surface area (Å²) in [6.45, 7) is 2.50. The van der Waals surface area contributed by atoms with Crippen LogP contribution in [-0.2, 0) is 6.54 Å². The first kappa shape index (κ1) is 10.6. The molecule has 0 fully saturated rings. The Bertz CT molecular complexity index is 658. The lowest BCUT2D eigenvalue weighted by Gasteiger charge is -2.06. The van der Waals surface area contributed by atoms with Crippen molar-refractivity contribution in [2.24, 2.45) is 0 Å². The van der Waals surface area contributed by atoms with Crippen molar-refractivity contribution >= 4 is 11.3 Å². The summed E-state index contributed by atoms with van der Waals surface area (Å²) >= 11 is 0. The van der Waals surface area contributed by atoms with Gasteiger partial charge in [0.1, 0.15) is 5.52 Å². The summed E-state index contributed by atoms with van der Waals surface area (Å²) < 4.78 is 1.77. The average Bonchev–Trinajstić information content (AvgIpc) is 2.87. The van der Waals surface area contributed by atoms with Crippen molar-refractivity contribution in [3.05, 3.63) is 48.4 Å². The van der Waals surface area contributed by atoms with Crippen molar-refractivity contribution in [3.8, 4) is 0 Å². The van der Waals surface area contributed by atoms with Crippen molar-refractivity contribution in [1.29, 1.82) is 0 Å². The van der Waals surface area contributed by atoms with E-state index in [0.29, 0.717) is 6.54 Å². The van der Waals surface area contributed by atoms with Crippen molar-refractivity contribution in [2.75, 3.05) is 5.32 Å². The van der Waals surface area contributed by atoms with Gasteiger partial charge in [-0.1, -0.05) is 0 Å². The molecule has 3 rings (SSSR count). The second kappa shape index (κ2) is 4.40. The van der Waals surface area contributed by atoms with E-state index in [-0.39, 0.29) is 0 Å². The molecule has 6 heteroatoms. The minimum atomic E-state index is 0.588. The molecule has 0 radical (unpaired) electrons. The van der Waals surface area contributed by atoms with Crippen LogP contribution in [0.4, 0.5) is 5.82 Å². The third kappa shape index (κ3) is 2.00. The summed E-state index contributed by atoms with van der Waals surface area (Å²) in [6, 6.07) is 1.91. The lowest BCUT2D eigenvalue weighted by atomic mass is 10.4. The van der Waals surface area contributed by atoms with Crippen LogP contribution in [0.25, 0.3) is 5.52 Å². The maximum Gasteiger partial charge on any atom is 0.152 e. The van der Waals surface area contributed by atoms with Gasteiger partial charge in [-0.15, -0.1) is 0 Å². The van der Waals surface area contributed by atoms with E-state index in [0.717, 1.165) is 22.7 Å². The van der Waals surface area contributed by atoms with E-state index in [1.807, 2.05) is 19.2 Å². The fourth-order valence-electron chi connectivity index (χ4n) is 1.68. The predicted octanol–water partition coefficient (Wildman–Crippen LogP) is 1.44. The molecule has 0 atom stereocenters. The van der Waals surface area contributed by atoms with Crippen molar-refractivity contribution in [3.63, 3.8) is 0 Å². The molecule has 1 N–H and O–H groups in total. The van der Waals surface area contributed by atoms with E-state index >= 15 is 0 Å². The van der Waals surface area contributed by atoms with Gasteiger partial charge >= 0.3 is 0 Å². The Hall–Kier alpha value is -2.50. The molecule has 3 aromatic heterocycles. The topological polar surface area (TPSA) is 68.0 Å². The molecular formula is C12H12N6. The molecule has 3 heterocycles. The molecule has 0 spiro atoms. The van der Waals surface area contributed by atoms with Gasteiger partial charge in [-0.3, -0.25) is 9.97 Å². The van der Waals surface area contributed by atoms with Crippen LogP contribution >= 0.6 is 0 Å². The average molecular weight is 240 g/mol. The maximum absolute atomic E-state index is 4.29. The summed E-state index contributed by atoms with van der Waals surface area (Å²) in [5, 5.41) is 7.39. The van der Waals surface area contributed by atoms with Crippen LogP contribution in [0.15, 0.2) is 37.1 Å². The van der Waals surface area contributed by atoms with E-state index in [4.69, 9.17) is 0 Å². The predicted molar refractivity (Wildman–Crippen MR) is 67.1 cm³/mol. The second-order valence-electron chi connectivity index (χ2n) is 3.94. The number of hydrogen-bond donors (Lipinski definition) is 1. The number of aryl methyl sites for hydroxylation is 1. The Morgan fingerprint density at radius 2 is 2.11 bits per heavy atom. The molecule has 0 saturated heterocycles. The van der Waals surface area contributed by atoms with E-state index in [1.165, 1.54) is 0 Å². The van der Waals surface area contributed by atoms with Crippen LogP contribution in [0, 0.1) is 6.92 Å². The molecular weight excluding hydrogens is 228 g/mol. The van der Waals surface area contributed by atoms with Crippen molar-refractivity contribution in [2.45, 2.75) is 13.5 Å². The molecule has 0 aromatic carbocycles. The highest BCUT2D eigenvalue weighted by molar-refractivity contribution is 5.66. The van der Waals surface area contributed by atoms with Gasteiger partial charge in [0.25, 0.3) is 0 Å². The van der Waals surface area contributed by atoms with E-state index in [2.05, 4.69) is 25.4 Å². The number of rotatable bonds is 3. The molecule has 0 amide bonds. The fourth-order valence-corrected chi connectivity index (χ4v) is 1.68. The largest absolute Gasteiger partial charge is 0.363 e. The zero-order valence-corrected chi connectivity index (χ0v) is 9.91. The van der Waals surface area contributed by atoms with E-state index in [9.17, 15) is 0 Å². The minimum absolute atomic E-state index is 0.588. The standard InChI is InChI=1S/C12H12N6/c1-9-6-15-10(7-14-9)8-16-12-11-2-3-17-18(11)5-4-13-12/h2-7H,8H2,1H3,(H,13,16). The van der Waals surface area contributed by atoms with E-state index < -0.39 is 0 Å². The summed E-state index contributed by atoms with van der Waals surface area (Å²) in [5.74, 6) is 0.789. The SMILES string of the molecule is Cc1cnc(CNc2nccn3nccc23)cn1. The zero-order valence-electron chi connectivity index (χ0n) is 9.91. The van der Waals surface area contributed by atoms with Gasteiger partial charge in [0.05, 0.1) is 30.3 Å². The second-order valence-corrected chi connectivity index (χ2v) is 3.94. The van der Waals surface area contributed by atoms with Crippen LogP contribution in [0.2, 0.25) is 0 Å². The van der Waals surface area contributed by atoms with Crippen molar-refractivity contribution in [1.82, 2.24) is 24.6 Å². The fraction of sp³-hybridized carbons (Fsp3) is 0.167. The normalized spacial score (nSPS) is 10.7. The van der Waals surface area contributed by atoms with Crippen LogP contribution in [0.3, 0.4) is 0 Å². The maximum atomic E-state index is 4.29. The molecule has 0 unspecified atom stereocenters. The Labute approximate surface area is 104 Å². The zero-order chi connectivity index (χ0) is 12.4. The Morgan fingerprint density at radius 3 is 2.94 bits per heavy atom. The van der Waals surface area contributed by atoms with Gasteiger partial charge in [0.15, 0.2) is 5.82 Å². The number of nitrogens with zero attached hydrogens (tertiary/aromatic N) is 5. The lowest BCUT2D eigenvalue weighted by Crippen LogP contribution is -2.05. The molecule has 0 bridgehead atoms. The molecule has 3 aromatic rings. The first-order chi connectivity index (χ1) is 8.83. The van der Waals surface area contributed by atoms with Crippen LogP contribution < -0.4 is 5.32 Å². The first-order valence-corrected chi connectivity index (χ1v) is 5.63. The third-order valence-electron chi connectivity index (χ3n) is 2.60. The highest BCUT2D eigenvalue weighted by Crippen LogP contribution is 2.12. The summed E-state index contributed by atoms with van der Waals surface area (Å²) in [7, 11) is 0. The number of fused-ring (bicyclic) bond motifs is 1. The molecule has 90 valence electrons. The van der Waals surface area contributed by atoms with Crippen LogP contribution in [0.1, 0.15) is 11.4 Å². The van der Waals surface area contributed by atoms with Crippen LogP contribution in [0.5, 0.6) is 0 Å². The van der Waals surface area contributed by atoms with Gasteiger partial charge in [-0.2, -0.15) is 5.10 Å². The third-order valence-corrected chi connectivity index (χ3v) is 2.60. The summed E-state index contributed by atoms with van der Waals surface area (Å²) in [4.78, 5) is 12.8. The molecule has 6 nitrogen and oxygen atoms in total. The highest BCUT2D eigenvalue weighted by atomic mass is 15.2. The molecule has 0 aliphatic carbocycles. The number of nitrogens with one attached hydrogen (secondary N) is 1. The molecule has 0 aliphatic rings. The Balaban J connectivity index is 1.80. The number of anilines is 1. The van der Waals surface area contributed by atoms with Crippen molar-refractivity contribution < 1.29 is 0 Å². The number of aromatic nitrogens is 5. The Morgan fingerprint density at radius 1 is 1.17 bits per heavy atom. The minimum Gasteiger partial charge on any atom is -0.363 e. The lowest BCUT2D eigenvalue weighted by molar-refractivity contribution is 0.934. The van der Waals surface area contributed by atoms with Crippen LogP contribution in [-0.4, -0.2) is 24.6 Å². The van der Waals surface area contributed by atoms with Gasteiger partial charge in [-0.25, -0.2) is 9.50 Å². The monoisotopic (exact) mass is 240 g/mol. The molecule has 18 heavy (non-hydrogen) atoms. The van der Waals surface area contributed by atoms with Gasteiger partial charge in [0, 0.05) is 18.6 Å². The van der Waals surface area contributed by atoms with E-state index in [1.54, 1.807) is 29.3 Å². The molecule has 0 aliphatic heterocycles. The molecule has 0 saturated carbocycles. The first-order valence-electron chi connectivity index (χ1n) is 5.63. The summed E-state index contributed by atoms with van der Waals surface area (Å²) in [5.41, 5.74) is 2.73. The highest BCUT2D eigenvalue weighted by Gasteiger charge is 2.03. The van der Waals surface area contributed by atoms with Gasteiger partial charge in [0.2, 0.25) is 0 Å². The Kier molecular flexibility index (Phi) is 2.60. The summed E-state index contributed by atoms with van der Waals surface area (Å²) in [6.07, 6.45) is 8.78.